The van der Waals surface area contributed by atoms with Gasteiger partial charge in [0, 0.05) is 38.9 Å². The van der Waals surface area contributed by atoms with Crippen molar-refractivity contribution in [3.8, 4) is 0 Å². The number of carbonyl (C=O) groups is 1. The lowest BCUT2D eigenvalue weighted by Crippen LogP contribution is -2.50. The molecule has 0 spiro atoms. The van der Waals surface area contributed by atoms with E-state index in [-0.39, 0.29) is 5.91 Å². The van der Waals surface area contributed by atoms with E-state index in [2.05, 4.69) is 9.88 Å². The van der Waals surface area contributed by atoms with Crippen molar-refractivity contribution in [2.75, 3.05) is 26.2 Å². The van der Waals surface area contributed by atoms with Gasteiger partial charge in [0.1, 0.15) is 4.33 Å². The predicted octanol–water partition coefficient (Wildman–Crippen LogP) is 2.31. The maximum atomic E-state index is 12.5. The summed E-state index contributed by atoms with van der Waals surface area (Å²) in [5.41, 5.74) is 0.464. The van der Waals surface area contributed by atoms with Crippen LogP contribution >= 0.6 is 23.2 Å². The summed E-state index contributed by atoms with van der Waals surface area (Å²) >= 11 is 12.2. The van der Waals surface area contributed by atoms with E-state index in [0.717, 1.165) is 38.4 Å². The molecule has 114 valence electrons. The third kappa shape index (κ3) is 2.89. The Morgan fingerprint density at radius 1 is 1.29 bits per heavy atom. The van der Waals surface area contributed by atoms with E-state index in [0.29, 0.717) is 6.42 Å². The molecule has 6 heteroatoms. The molecule has 1 saturated heterocycles. The van der Waals surface area contributed by atoms with Crippen molar-refractivity contribution in [2.24, 2.45) is 5.41 Å². The zero-order valence-corrected chi connectivity index (χ0v) is 13.6. The Morgan fingerprint density at radius 2 is 1.95 bits per heavy atom. The molecule has 0 aromatic carbocycles. The normalized spacial score (nSPS) is 28.4. The van der Waals surface area contributed by atoms with Gasteiger partial charge in [-0.1, -0.05) is 6.07 Å². The third-order valence-corrected chi connectivity index (χ3v) is 5.60. The fourth-order valence-electron chi connectivity index (χ4n) is 2.81. The molecule has 1 aromatic rings. The van der Waals surface area contributed by atoms with Gasteiger partial charge in [-0.05, 0) is 25.5 Å². The van der Waals surface area contributed by atoms with Crippen LogP contribution in [0.4, 0.5) is 0 Å². The number of hydrogen-bond acceptors (Lipinski definition) is 3. The Morgan fingerprint density at radius 3 is 2.48 bits per heavy atom. The average molecular weight is 328 g/mol. The minimum absolute atomic E-state index is 0.0880. The second kappa shape index (κ2) is 5.41. The van der Waals surface area contributed by atoms with Crippen LogP contribution in [0.15, 0.2) is 24.4 Å². The SMILES string of the molecule is CC1(C(=O)N2CCN(Cc3ccccn3)CC2)CC1(Cl)Cl. The fraction of sp³-hybridized carbons (Fsp3) is 0.600. The largest absolute Gasteiger partial charge is 0.340 e. The fourth-order valence-corrected chi connectivity index (χ4v) is 3.51. The molecular formula is C15H19Cl2N3O. The number of hydrogen-bond donors (Lipinski definition) is 0. The molecule has 4 nitrogen and oxygen atoms in total. The minimum Gasteiger partial charge on any atom is -0.340 e. The van der Waals surface area contributed by atoms with Gasteiger partial charge >= 0.3 is 0 Å². The van der Waals surface area contributed by atoms with E-state index in [1.807, 2.05) is 36.2 Å². The summed E-state index contributed by atoms with van der Waals surface area (Å²) in [5, 5.41) is 0. The summed E-state index contributed by atoms with van der Waals surface area (Å²) in [6.07, 6.45) is 2.36. The van der Waals surface area contributed by atoms with Crippen LogP contribution in [0.25, 0.3) is 0 Å². The molecular weight excluding hydrogens is 309 g/mol. The number of aromatic nitrogens is 1. The van der Waals surface area contributed by atoms with Crippen molar-refractivity contribution in [2.45, 2.75) is 24.2 Å². The summed E-state index contributed by atoms with van der Waals surface area (Å²) in [6.45, 7) is 5.85. The molecule has 3 rings (SSSR count). The summed E-state index contributed by atoms with van der Waals surface area (Å²) in [5.74, 6) is 0.0880. The first-order valence-electron chi connectivity index (χ1n) is 7.22. The van der Waals surface area contributed by atoms with Gasteiger partial charge in [0.05, 0.1) is 11.1 Å². The molecule has 2 fully saturated rings. The van der Waals surface area contributed by atoms with Crippen LogP contribution in [0.2, 0.25) is 0 Å². The molecule has 1 unspecified atom stereocenters. The van der Waals surface area contributed by atoms with Crippen LogP contribution in [0.1, 0.15) is 19.0 Å². The standard InChI is InChI=1S/C15H19Cl2N3O/c1-14(11-15(14,16)17)13(21)20-8-6-19(7-9-20)10-12-4-2-3-5-18-12/h2-5H,6-11H2,1H3. The average Bonchev–Trinajstić information content (AvgIpc) is 3.00. The lowest BCUT2D eigenvalue weighted by Gasteiger charge is -2.36. The first-order valence-corrected chi connectivity index (χ1v) is 7.97. The molecule has 2 heterocycles. The predicted molar refractivity (Wildman–Crippen MR) is 83.3 cm³/mol. The van der Waals surface area contributed by atoms with Gasteiger partial charge in [-0.3, -0.25) is 14.7 Å². The molecule has 0 radical (unpaired) electrons. The Labute approximate surface area is 135 Å². The smallest absolute Gasteiger partial charge is 0.231 e. The van der Waals surface area contributed by atoms with Crippen LogP contribution < -0.4 is 0 Å². The summed E-state index contributed by atoms with van der Waals surface area (Å²) in [4.78, 5) is 21.0. The van der Waals surface area contributed by atoms with Crippen molar-refractivity contribution in [1.82, 2.24) is 14.8 Å². The quantitative estimate of drug-likeness (QED) is 0.799. The van der Waals surface area contributed by atoms with Crippen LogP contribution in [0, 0.1) is 5.41 Å². The summed E-state index contributed by atoms with van der Waals surface area (Å²) in [6, 6.07) is 5.94. The molecule has 1 aromatic heterocycles. The van der Waals surface area contributed by atoms with E-state index in [4.69, 9.17) is 23.2 Å². The molecule has 1 saturated carbocycles. The molecule has 1 atom stereocenters. The first kappa shape index (κ1) is 15.1. The topological polar surface area (TPSA) is 36.4 Å². The van der Waals surface area contributed by atoms with Crippen molar-refractivity contribution in [3.05, 3.63) is 30.1 Å². The number of nitrogens with zero attached hydrogens (tertiary/aromatic N) is 3. The van der Waals surface area contributed by atoms with Gasteiger partial charge < -0.3 is 4.90 Å². The van der Waals surface area contributed by atoms with E-state index >= 15 is 0 Å². The van der Waals surface area contributed by atoms with Crippen LogP contribution in [0.3, 0.4) is 0 Å². The minimum atomic E-state index is -0.880. The zero-order valence-electron chi connectivity index (χ0n) is 12.1. The van der Waals surface area contributed by atoms with Gasteiger partial charge in [0.2, 0.25) is 5.91 Å². The highest BCUT2D eigenvalue weighted by Gasteiger charge is 2.68. The number of alkyl halides is 2. The maximum Gasteiger partial charge on any atom is 0.231 e. The first-order chi connectivity index (χ1) is 9.92. The Hall–Kier alpha value is -0.840. The van der Waals surface area contributed by atoms with Crippen molar-refractivity contribution < 1.29 is 4.79 Å². The molecule has 2 aliphatic rings. The Balaban J connectivity index is 1.53. The third-order valence-electron chi connectivity index (χ3n) is 4.50. The van der Waals surface area contributed by atoms with E-state index in [9.17, 15) is 4.79 Å². The highest BCUT2D eigenvalue weighted by molar-refractivity contribution is 6.53. The molecule has 1 amide bonds. The maximum absolute atomic E-state index is 12.5. The molecule has 1 aliphatic carbocycles. The number of rotatable bonds is 3. The number of carbonyl (C=O) groups excluding carboxylic acids is 1. The molecule has 0 bridgehead atoms. The number of pyridine rings is 1. The number of amides is 1. The van der Waals surface area contributed by atoms with Gasteiger partial charge in [-0.25, -0.2) is 0 Å². The summed E-state index contributed by atoms with van der Waals surface area (Å²) in [7, 11) is 0. The highest BCUT2D eigenvalue weighted by atomic mass is 35.5. The van der Waals surface area contributed by atoms with E-state index in [1.165, 1.54) is 0 Å². The number of piperazine rings is 1. The Kier molecular flexibility index (Phi) is 3.89. The van der Waals surface area contributed by atoms with Crippen LogP contribution in [0.5, 0.6) is 0 Å². The second-order valence-corrected chi connectivity index (χ2v) is 7.59. The summed E-state index contributed by atoms with van der Waals surface area (Å²) < 4.78 is -0.880. The highest BCUT2D eigenvalue weighted by Crippen LogP contribution is 2.64. The van der Waals surface area contributed by atoms with Crippen LogP contribution in [-0.2, 0) is 11.3 Å². The number of halogens is 2. The van der Waals surface area contributed by atoms with Crippen molar-refractivity contribution >= 4 is 29.1 Å². The van der Waals surface area contributed by atoms with Crippen molar-refractivity contribution in [3.63, 3.8) is 0 Å². The van der Waals surface area contributed by atoms with Crippen LogP contribution in [-0.4, -0.2) is 51.2 Å². The Bertz CT molecular complexity index is 529. The van der Waals surface area contributed by atoms with Gasteiger partial charge in [-0.2, -0.15) is 0 Å². The monoisotopic (exact) mass is 327 g/mol. The van der Waals surface area contributed by atoms with Gasteiger partial charge in [0.25, 0.3) is 0 Å². The second-order valence-electron chi connectivity index (χ2n) is 6.10. The van der Waals surface area contributed by atoms with Crippen molar-refractivity contribution in [1.29, 1.82) is 0 Å². The molecule has 21 heavy (non-hydrogen) atoms. The van der Waals surface area contributed by atoms with Gasteiger partial charge in [0.15, 0.2) is 0 Å². The lowest BCUT2D eigenvalue weighted by atomic mass is 10.1. The molecule has 1 aliphatic heterocycles. The van der Waals surface area contributed by atoms with E-state index in [1.54, 1.807) is 0 Å². The lowest BCUT2D eigenvalue weighted by molar-refractivity contribution is -0.138. The van der Waals surface area contributed by atoms with E-state index < -0.39 is 9.75 Å². The molecule has 0 N–H and O–H groups in total. The zero-order chi connectivity index (χ0) is 15.1. The van der Waals surface area contributed by atoms with Gasteiger partial charge in [-0.15, -0.1) is 23.2 Å².